The van der Waals surface area contributed by atoms with Gasteiger partial charge in [-0.3, -0.25) is 5.41 Å². The van der Waals surface area contributed by atoms with E-state index in [2.05, 4.69) is 0 Å². The second kappa shape index (κ2) is 5.87. The number of hydrogen-bond donors (Lipinski definition) is 4. The molecular weight excluding hydrogens is 241 g/mol. The summed E-state index contributed by atoms with van der Waals surface area (Å²) >= 11 is 0. The first-order valence-electron chi connectivity index (χ1n) is 5.09. The van der Waals surface area contributed by atoms with Gasteiger partial charge in [0, 0.05) is 6.42 Å². The van der Waals surface area contributed by atoms with E-state index < -0.39 is 19.8 Å². The normalized spacial score (nSPS) is 11.2. The van der Waals surface area contributed by atoms with Crippen molar-refractivity contribution < 1.29 is 19.7 Å². The largest absolute Gasteiger partial charge is 0.478 e. The minimum Gasteiger partial charge on any atom is -0.478 e. The van der Waals surface area contributed by atoms with Crippen molar-refractivity contribution in [3.63, 3.8) is 0 Å². The summed E-state index contributed by atoms with van der Waals surface area (Å²) in [5.74, 6) is -1.30. The molecule has 0 fully saturated rings. The van der Waals surface area contributed by atoms with Crippen LogP contribution >= 0.6 is 7.72 Å². The Kier molecular flexibility index (Phi) is 4.75. The lowest BCUT2D eigenvalue weighted by Gasteiger charge is -2.10. The monoisotopic (exact) mass is 256 g/mol. The van der Waals surface area contributed by atoms with Crippen LogP contribution in [-0.4, -0.2) is 32.5 Å². The Morgan fingerprint density at radius 1 is 1.24 bits per heavy atom. The summed E-state index contributed by atoms with van der Waals surface area (Å²) in [6.07, 6.45) is -0.0964. The van der Waals surface area contributed by atoms with Crippen LogP contribution in [0.5, 0.6) is 0 Å². The molecule has 0 saturated heterocycles. The number of aryl methyl sites for hydroxylation is 1. The Morgan fingerprint density at radius 2 is 1.82 bits per heavy atom. The van der Waals surface area contributed by atoms with Gasteiger partial charge in [-0.25, -0.2) is 14.6 Å². The summed E-state index contributed by atoms with van der Waals surface area (Å²) < 4.78 is 0. The van der Waals surface area contributed by atoms with Gasteiger partial charge in [0.15, 0.2) is 0 Å². The maximum atomic E-state index is 10.4. The highest BCUT2D eigenvalue weighted by atomic mass is 31.2. The van der Waals surface area contributed by atoms with E-state index in [1.807, 2.05) is 30.3 Å². The van der Waals surface area contributed by atoms with Gasteiger partial charge in [-0.05, 0) is 12.0 Å². The number of carboxylic acids is 1. The third kappa shape index (κ3) is 4.61. The molecular formula is C11H15NO4P+. The summed E-state index contributed by atoms with van der Waals surface area (Å²) in [6.45, 7) is 0. The second-order valence-corrected chi connectivity index (χ2v) is 6.03. The van der Waals surface area contributed by atoms with Crippen LogP contribution < -0.4 is 0 Å². The third-order valence-corrected chi connectivity index (χ3v) is 4.08. The van der Waals surface area contributed by atoms with Crippen LogP contribution in [-0.2, 0) is 11.2 Å². The minimum atomic E-state index is -3.74. The molecule has 0 atom stereocenters. The van der Waals surface area contributed by atoms with Crippen LogP contribution in [0.15, 0.2) is 30.3 Å². The Labute approximate surface area is 99.7 Å². The predicted octanol–water partition coefficient (Wildman–Crippen LogP) is 1.51. The lowest BCUT2D eigenvalue weighted by atomic mass is 10.1. The molecule has 0 aliphatic heterocycles. The van der Waals surface area contributed by atoms with Gasteiger partial charge in [0.1, 0.15) is 0 Å². The van der Waals surface area contributed by atoms with Crippen LogP contribution in [0.2, 0.25) is 0 Å². The molecule has 0 saturated carbocycles. The van der Waals surface area contributed by atoms with Crippen molar-refractivity contribution in [3.8, 4) is 0 Å². The van der Waals surface area contributed by atoms with Gasteiger partial charge in [-0.15, -0.1) is 0 Å². The number of rotatable bonds is 6. The van der Waals surface area contributed by atoms with Crippen LogP contribution in [0, 0.1) is 5.41 Å². The molecule has 0 aromatic heterocycles. The van der Waals surface area contributed by atoms with Gasteiger partial charge < -0.3 is 5.11 Å². The summed E-state index contributed by atoms with van der Waals surface area (Å²) in [7, 11) is -3.74. The van der Waals surface area contributed by atoms with Crippen molar-refractivity contribution in [3.05, 3.63) is 35.9 Å². The molecule has 0 aliphatic carbocycles. The van der Waals surface area contributed by atoms with E-state index in [0.717, 1.165) is 5.56 Å². The van der Waals surface area contributed by atoms with Crippen molar-refractivity contribution in [2.24, 2.45) is 0 Å². The summed E-state index contributed by atoms with van der Waals surface area (Å²) in [5.41, 5.74) is 0.705. The maximum Gasteiger partial charge on any atom is 0.347 e. The molecule has 1 rings (SSSR count). The third-order valence-electron chi connectivity index (χ3n) is 2.28. The van der Waals surface area contributed by atoms with Crippen molar-refractivity contribution in [1.82, 2.24) is 0 Å². The number of benzene rings is 1. The second-order valence-electron chi connectivity index (χ2n) is 3.71. The molecule has 1 aromatic rings. The Hall–Kier alpha value is -1.29. The van der Waals surface area contributed by atoms with Gasteiger partial charge in [0.05, 0.1) is 0 Å². The fourth-order valence-electron chi connectivity index (χ4n) is 1.37. The number of aliphatic carboxylic acids is 1. The molecule has 4 N–H and O–H groups in total. The summed E-state index contributed by atoms with van der Waals surface area (Å²) in [4.78, 5) is 29.4. The number of hydrogen-bond acceptors (Lipinski definition) is 4. The van der Waals surface area contributed by atoms with Gasteiger partial charge in [0.2, 0.25) is 11.6 Å². The molecule has 17 heavy (non-hydrogen) atoms. The van der Waals surface area contributed by atoms with Crippen LogP contribution in [0.1, 0.15) is 12.0 Å². The fraction of sp³-hybridized carbons (Fsp3) is 0.273. The van der Waals surface area contributed by atoms with Crippen LogP contribution in [0.25, 0.3) is 0 Å². The highest BCUT2D eigenvalue weighted by molar-refractivity contribution is 7.82. The van der Waals surface area contributed by atoms with Crippen LogP contribution in [0.4, 0.5) is 0 Å². The molecule has 0 unspecified atom stereocenters. The average Bonchev–Trinajstić information content (AvgIpc) is 2.25. The van der Waals surface area contributed by atoms with E-state index in [1.165, 1.54) is 0 Å². The van der Waals surface area contributed by atoms with E-state index in [0.29, 0.717) is 6.42 Å². The zero-order valence-corrected chi connectivity index (χ0v) is 10.1. The maximum absolute atomic E-state index is 10.4. The minimum absolute atomic E-state index is 0.165. The van der Waals surface area contributed by atoms with E-state index in [1.54, 1.807) is 0 Å². The molecule has 0 heterocycles. The van der Waals surface area contributed by atoms with E-state index in [9.17, 15) is 14.6 Å². The number of nitrogens with one attached hydrogen (secondary N) is 1. The first-order valence-corrected chi connectivity index (χ1v) is 6.97. The van der Waals surface area contributed by atoms with E-state index in [4.69, 9.17) is 10.5 Å². The molecule has 6 heteroatoms. The molecule has 1 aromatic carbocycles. The zero-order valence-electron chi connectivity index (χ0n) is 9.21. The van der Waals surface area contributed by atoms with Crippen molar-refractivity contribution in [2.45, 2.75) is 12.8 Å². The van der Waals surface area contributed by atoms with Gasteiger partial charge in [-0.2, -0.15) is 0 Å². The SMILES string of the molecule is N=C(CCc1ccccc1)[P+](O)(O)CC(=O)O. The van der Waals surface area contributed by atoms with Gasteiger partial charge in [-0.1, -0.05) is 30.3 Å². The van der Waals surface area contributed by atoms with E-state index in [-0.39, 0.29) is 11.9 Å². The number of carboxylic acid groups (broad SMARTS) is 1. The molecule has 5 nitrogen and oxygen atoms in total. The fourth-order valence-corrected chi connectivity index (χ4v) is 2.41. The lowest BCUT2D eigenvalue weighted by Crippen LogP contribution is -2.15. The number of carbonyl (C=O) groups is 1. The van der Waals surface area contributed by atoms with Crippen molar-refractivity contribution >= 4 is 19.1 Å². The molecule has 0 radical (unpaired) electrons. The standard InChI is InChI=1S/C11H14NO4P/c12-10(17(15,16)8-11(13)14)7-6-9-4-2-1-3-5-9/h1-5,12,15-16H,6-8H2/p+1. The van der Waals surface area contributed by atoms with Gasteiger partial charge in [0.25, 0.3) is 0 Å². The highest BCUT2D eigenvalue weighted by Crippen LogP contribution is 2.51. The Morgan fingerprint density at radius 3 is 2.35 bits per heavy atom. The van der Waals surface area contributed by atoms with Gasteiger partial charge >= 0.3 is 13.7 Å². The van der Waals surface area contributed by atoms with Crippen molar-refractivity contribution in [2.75, 3.05) is 6.16 Å². The van der Waals surface area contributed by atoms with Crippen molar-refractivity contribution in [1.29, 1.82) is 5.41 Å². The first-order chi connectivity index (χ1) is 7.92. The zero-order chi connectivity index (χ0) is 12.9. The predicted molar refractivity (Wildman–Crippen MR) is 66.4 cm³/mol. The molecule has 92 valence electrons. The Balaban J connectivity index is 2.52. The quantitative estimate of drug-likeness (QED) is 0.457. The van der Waals surface area contributed by atoms with E-state index >= 15 is 0 Å². The molecule has 0 amide bonds. The summed E-state index contributed by atoms with van der Waals surface area (Å²) in [5, 5.41) is 16.0. The topological polar surface area (TPSA) is 102 Å². The molecule has 0 bridgehead atoms. The highest BCUT2D eigenvalue weighted by Gasteiger charge is 2.42. The lowest BCUT2D eigenvalue weighted by molar-refractivity contribution is -0.134. The van der Waals surface area contributed by atoms with Crippen LogP contribution in [0.3, 0.4) is 0 Å². The smallest absolute Gasteiger partial charge is 0.347 e. The summed E-state index contributed by atoms with van der Waals surface area (Å²) in [6, 6.07) is 9.33. The molecule has 0 aliphatic rings. The Bertz CT molecular complexity index is 405. The first kappa shape index (κ1) is 13.8. The molecule has 0 spiro atoms. The average molecular weight is 256 g/mol.